The number of methoxy groups -OCH3 is 2. The second kappa shape index (κ2) is 8.35. The first-order valence-electron chi connectivity index (χ1n) is 10.2. The Bertz CT molecular complexity index is 818. The smallest absolute Gasteiger partial charge is 0.225 e. The van der Waals surface area contributed by atoms with Gasteiger partial charge >= 0.3 is 0 Å². The summed E-state index contributed by atoms with van der Waals surface area (Å²) in [6.07, 6.45) is 5.46. The molecule has 0 amide bonds. The van der Waals surface area contributed by atoms with E-state index in [9.17, 15) is 0 Å². The second-order valence-electron chi connectivity index (χ2n) is 7.92. The zero-order valence-corrected chi connectivity index (χ0v) is 17.1. The summed E-state index contributed by atoms with van der Waals surface area (Å²) in [4.78, 5) is 14.4. The Labute approximate surface area is 167 Å². The molecule has 150 valence electrons. The summed E-state index contributed by atoms with van der Waals surface area (Å²) in [5.74, 6) is 3.33. The first kappa shape index (κ1) is 19.0. The molecule has 0 unspecified atom stereocenters. The van der Waals surface area contributed by atoms with Gasteiger partial charge in [0, 0.05) is 56.5 Å². The monoisotopic (exact) mass is 382 g/mol. The van der Waals surface area contributed by atoms with Crippen molar-refractivity contribution in [1.82, 2.24) is 14.9 Å². The van der Waals surface area contributed by atoms with Gasteiger partial charge in [0.15, 0.2) is 11.5 Å². The Morgan fingerprint density at radius 1 is 1.11 bits per heavy atom. The average molecular weight is 383 g/mol. The van der Waals surface area contributed by atoms with Gasteiger partial charge in [-0.3, -0.25) is 4.90 Å². The minimum absolute atomic E-state index is 0.779. The Morgan fingerprint density at radius 3 is 2.68 bits per heavy atom. The predicted molar refractivity (Wildman–Crippen MR) is 110 cm³/mol. The van der Waals surface area contributed by atoms with Gasteiger partial charge in [0.1, 0.15) is 0 Å². The number of nitrogens with zero attached hydrogens (tertiary/aromatic N) is 4. The summed E-state index contributed by atoms with van der Waals surface area (Å²) in [6, 6.07) is 6.06. The lowest BCUT2D eigenvalue weighted by Crippen LogP contribution is -2.35. The van der Waals surface area contributed by atoms with Crippen LogP contribution in [0.2, 0.25) is 0 Å². The Hall–Kier alpha value is -2.34. The van der Waals surface area contributed by atoms with Crippen LogP contribution in [0.25, 0.3) is 0 Å². The number of aromatic nitrogens is 2. The molecule has 1 aromatic carbocycles. The maximum absolute atomic E-state index is 5.59. The highest BCUT2D eigenvalue weighted by atomic mass is 16.5. The molecule has 1 saturated heterocycles. The molecular weight excluding hydrogens is 352 g/mol. The number of ether oxygens (including phenoxy) is 2. The molecule has 28 heavy (non-hydrogen) atoms. The van der Waals surface area contributed by atoms with Gasteiger partial charge in [-0.05, 0) is 24.8 Å². The quantitative estimate of drug-likeness (QED) is 0.791. The van der Waals surface area contributed by atoms with E-state index >= 15 is 0 Å². The first-order chi connectivity index (χ1) is 13.7. The highest BCUT2D eigenvalue weighted by Gasteiger charge is 2.23. The number of anilines is 1. The van der Waals surface area contributed by atoms with Crippen molar-refractivity contribution >= 4 is 5.95 Å². The molecule has 0 bridgehead atoms. The maximum Gasteiger partial charge on any atom is 0.225 e. The third kappa shape index (κ3) is 3.92. The fraction of sp³-hybridized carbons (Fsp3) is 0.545. The van der Waals surface area contributed by atoms with E-state index in [0.717, 1.165) is 68.1 Å². The summed E-state index contributed by atoms with van der Waals surface area (Å²) < 4.78 is 11.0. The van der Waals surface area contributed by atoms with Crippen LogP contribution in [0.1, 0.15) is 36.6 Å². The van der Waals surface area contributed by atoms with Crippen LogP contribution in [0, 0.1) is 5.92 Å². The zero-order valence-electron chi connectivity index (χ0n) is 17.1. The van der Waals surface area contributed by atoms with Crippen molar-refractivity contribution in [1.29, 1.82) is 0 Å². The topological polar surface area (TPSA) is 50.7 Å². The largest absolute Gasteiger partial charge is 0.493 e. The molecule has 0 saturated carbocycles. The van der Waals surface area contributed by atoms with Crippen molar-refractivity contribution in [2.24, 2.45) is 5.92 Å². The number of hydrogen-bond donors (Lipinski definition) is 0. The van der Waals surface area contributed by atoms with Crippen molar-refractivity contribution in [3.63, 3.8) is 0 Å². The lowest BCUT2D eigenvalue weighted by Gasteiger charge is -2.32. The molecular formula is C22H30N4O2. The van der Waals surface area contributed by atoms with Gasteiger partial charge in [-0.15, -0.1) is 0 Å². The fourth-order valence-electron chi connectivity index (χ4n) is 4.18. The molecule has 0 N–H and O–H groups in total. The van der Waals surface area contributed by atoms with E-state index < -0.39 is 0 Å². The second-order valence-corrected chi connectivity index (χ2v) is 7.92. The Morgan fingerprint density at radius 2 is 1.93 bits per heavy atom. The minimum atomic E-state index is 0.779. The summed E-state index contributed by atoms with van der Waals surface area (Å²) in [6.45, 7) is 7.15. The van der Waals surface area contributed by atoms with E-state index in [2.05, 4.69) is 27.8 Å². The molecule has 4 rings (SSSR count). The lowest BCUT2D eigenvalue weighted by molar-refractivity contribution is 0.238. The zero-order chi connectivity index (χ0) is 19.5. The van der Waals surface area contributed by atoms with Gasteiger partial charge in [0.05, 0.1) is 19.9 Å². The van der Waals surface area contributed by atoms with E-state index in [1.54, 1.807) is 14.2 Å². The van der Waals surface area contributed by atoms with Crippen LogP contribution in [0.15, 0.2) is 24.4 Å². The number of rotatable bonds is 5. The van der Waals surface area contributed by atoms with Crippen LogP contribution >= 0.6 is 0 Å². The number of hydrogen-bond acceptors (Lipinski definition) is 6. The van der Waals surface area contributed by atoms with Gasteiger partial charge in [-0.1, -0.05) is 19.1 Å². The standard InChI is InChI=1S/C22H30N4O2/c1-16-7-11-26(12-8-16)22-23-13-18-15-25(10-9-19(18)24-22)14-17-5-4-6-20(27-2)21(17)28-3/h4-6,13,16H,7-12,14-15H2,1-3H3. The van der Waals surface area contributed by atoms with E-state index in [-0.39, 0.29) is 0 Å². The molecule has 2 aliphatic rings. The van der Waals surface area contributed by atoms with E-state index in [1.165, 1.54) is 24.1 Å². The van der Waals surface area contributed by atoms with Crippen LogP contribution in [0.4, 0.5) is 5.95 Å². The van der Waals surface area contributed by atoms with Gasteiger partial charge in [-0.25, -0.2) is 9.97 Å². The third-order valence-electron chi connectivity index (χ3n) is 5.95. The molecule has 1 aromatic heterocycles. The lowest BCUT2D eigenvalue weighted by atomic mass is 9.99. The molecule has 0 radical (unpaired) electrons. The fourth-order valence-corrected chi connectivity index (χ4v) is 4.18. The Balaban J connectivity index is 1.46. The molecule has 1 fully saturated rings. The van der Waals surface area contributed by atoms with Crippen LogP contribution in [0.5, 0.6) is 11.5 Å². The van der Waals surface area contributed by atoms with Crippen molar-refractivity contribution in [2.75, 3.05) is 38.8 Å². The summed E-state index contributed by atoms with van der Waals surface area (Å²) in [7, 11) is 3.38. The third-order valence-corrected chi connectivity index (χ3v) is 5.95. The number of fused-ring (bicyclic) bond motifs is 1. The normalized spacial score (nSPS) is 18.0. The molecule has 0 aliphatic carbocycles. The van der Waals surface area contributed by atoms with Crippen molar-refractivity contribution in [2.45, 2.75) is 39.3 Å². The molecule has 6 nitrogen and oxygen atoms in total. The van der Waals surface area contributed by atoms with Crippen molar-refractivity contribution in [3.05, 3.63) is 41.2 Å². The average Bonchev–Trinajstić information content (AvgIpc) is 2.73. The molecule has 2 aliphatic heterocycles. The molecule has 3 heterocycles. The predicted octanol–water partition coefficient (Wildman–Crippen LogP) is 3.29. The van der Waals surface area contributed by atoms with Crippen LogP contribution in [-0.2, 0) is 19.5 Å². The van der Waals surface area contributed by atoms with Crippen molar-refractivity contribution < 1.29 is 9.47 Å². The number of benzene rings is 1. The van der Waals surface area contributed by atoms with Gasteiger partial charge in [0.2, 0.25) is 5.95 Å². The van der Waals surface area contributed by atoms with Gasteiger partial charge in [0.25, 0.3) is 0 Å². The summed E-state index contributed by atoms with van der Waals surface area (Å²) in [5.41, 5.74) is 3.59. The maximum atomic E-state index is 5.59. The molecule has 0 spiro atoms. The van der Waals surface area contributed by atoms with E-state index in [1.807, 2.05) is 18.3 Å². The molecule has 6 heteroatoms. The Kier molecular flexibility index (Phi) is 5.67. The SMILES string of the molecule is COc1cccc(CN2CCc3nc(N4CCC(C)CC4)ncc3C2)c1OC. The summed E-state index contributed by atoms with van der Waals surface area (Å²) >= 11 is 0. The summed E-state index contributed by atoms with van der Waals surface area (Å²) in [5, 5.41) is 0. The molecule has 2 aromatic rings. The van der Waals surface area contributed by atoms with Gasteiger partial charge < -0.3 is 14.4 Å². The highest BCUT2D eigenvalue weighted by molar-refractivity contribution is 5.46. The van der Waals surface area contributed by atoms with Crippen LogP contribution < -0.4 is 14.4 Å². The van der Waals surface area contributed by atoms with Crippen LogP contribution in [-0.4, -0.2) is 48.7 Å². The van der Waals surface area contributed by atoms with E-state index in [4.69, 9.17) is 14.5 Å². The number of para-hydroxylation sites is 1. The van der Waals surface area contributed by atoms with Gasteiger partial charge in [-0.2, -0.15) is 0 Å². The van der Waals surface area contributed by atoms with Crippen molar-refractivity contribution in [3.8, 4) is 11.5 Å². The first-order valence-corrected chi connectivity index (χ1v) is 10.2. The number of piperidine rings is 1. The minimum Gasteiger partial charge on any atom is -0.493 e. The highest BCUT2D eigenvalue weighted by Crippen LogP contribution is 2.32. The molecule has 0 atom stereocenters. The van der Waals surface area contributed by atoms with E-state index in [0.29, 0.717) is 0 Å². The van der Waals surface area contributed by atoms with Crippen LogP contribution in [0.3, 0.4) is 0 Å².